The molecule has 0 bridgehead atoms. The Morgan fingerprint density at radius 3 is 2.33 bits per heavy atom. The van der Waals surface area contributed by atoms with Crippen LogP contribution in [0.3, 0.4) is 0 Å². The van der Waals surface area contributed by atoms with E-state index in [1.165, 1.54) is 0 Å². The average Bonchev–Trinajstić information content (AvgIpc) is 1.65. The van der Waals surface area contributed by atoms with E-state index in [-0.39, 0.29) is 0 Å². The first-order chi connectivity index (χ1) is 2.81. The van der Waals surface area contributed by atoms with Crippen molar-refractivity contribution in [1.82, 2.24) is 0 Å². The normalized spacial score (nSPS) is 12.8. The Labute approximate surface area is 43.9 Å². The van der Waals surface area contributed by atoms with Gasteiger partial charge in [-0.05, 0) is 5.37 Å². The van der Waals surface area contributed by atoms with Crippen LogP contribution in [-0.4, -0.2) is 5.37 Å². The molecule has 34 valence electrons. The van der Waals surface area contributed by atoms with Crippen molar-refractivity contribution in [1.29, 1.82) is 0 Å². The van der Waals surface area contributed by atoms with Crippen LogP contribution in [0.1, 0.15) is 6.92 Å². The molecule has 0 fully saturated rings. The summed E-state index contributed by atoms with van der Waals surface area (Å²) in [5, 5.41) is 1.69. The molecule has 0 aromatic carbocycles. The predicted molar refractivity (Wildman–Crippen MR) is 33.0 cm³/mol. The van der Waals surface area contributed by atoms with E-state index in [1.54, 1.807) is 5.37 Å². The highest BCUT2D eigenvalue weighted by Crippen LogP contribution is 1.87. The SMILES string of the molecule is C=CC(C)C=S. The van der Waals surface area contributed by atoms with Crippen molar-refractivity contribution in [2.45, 2.75) is 6.92 Å². The maximum Gasteiger partial charge on any atom is 0.00203 e. The highest BCUT2D eigenvalue weighted by molar-refractivity contribution is 7.79. The second-order valence-electron chi connectivity index (χ2n) is 1.23. The van der Waals surface area contributed by atoms with Crippen LogP contribution in [0.15, 0.2) is 12.7 Å². The van der Waals surface area contributed by atoms with E-state index < -0.39 is 0 Å². The third-order valence-corrected chi connectivity index (χ3v) is 1.02. The van der Waals surface area contributed by atoms with E-state index in [9.17, 15) is 0 Å². The quantitative estimate of drug-likeness (QED) is 0.376. The van der Waals surface area contributed by atoms with Gasteiger partial charge in [-0.15, -0.1) is 6.58 Å². The Kier molecular flexibility index (Phi) is 2.95. The van der Waals surface area contributed by atoms with Crippen LogP contribution in [0.5, 0.6) is 0 Å². The maximum atomic E-state index is 4.58. The molecule has 0 heterocycles. The van der Waals surface area contributed by atoms with Crippen molar-refractivity contribution in [2.75, 3.05) is 0 Å². The van der Waals surface area contributed by atoms with Gasteiger partial charge in [0.1, 0.15) is 0 Å². The number of hydrogen-bond donors (Lipinski definition) is 0. The summed E-state index contributed by atoms with van der Waals surface area (Å²) in [6.45, 7) is 5.53. The van der Waals surface area contributed by atoms with Crippen molar-refractivity contribution < 1.29 is 0 Å². The summed E-state index contributed by atoms with van der Waals surface area (Å²) in [6, 6.07) is 0. The zero-order valence-electron chi connectivity index (χ0n) is 3.85. The lowest BCUT2D eigenvalue weighted by Gasteiger charge is -1.86. The number of hydrogen-bond acceptors (Lipinski definition) is 1. The molecular weight excluding hydrogens is 92.1 g/mol. The van der Waals surface area contributed by atoms with Crippen LogP contribution >= 0.6 is 12.2 Å². The van der Waals surface area contributed by atoms with Gasteiger partial charge < -0.3 is 0 Å². The van der Waals surface area contributed by atoms with Gasteiger partial charge in [0, 0.05) is 5.92 Å². The molecule has 0 nitrogen and oxygen atoms in total. The molecule has 0 saturated heterocycles. The van der Waals surface area contributed by atoms with Crippen molar-refractivity contribution >= 4 is 17.6 Å². The molecule has 0 amide bonds. The summed E-state index contributed by atoms with van der Waals surface area (Å²) < 4.78 is 0. The van der Waals surface area contributed by atoms with Crippen molar-refractivity contribution in [3.8, 4) is 0 Å². The number of allylic oxidation sites excluding steroid dienone is 1. The fraction of sp³-hybridized carbons (Fsp3) is 0.400. The highest BCUT2D eigenvalue weighted by atomic mass is 32.1. The van der Waals surface area contributed by atoms with Gasteiger partial charge in [-0.2, -0.15) is 0 Å². The van der Waals surface area contributed by atoms with Crippen molar-refractivity contribution in [2.24, 2.45) is 5.92 Å². The van der Waals surface area contributed by atoms with Crippen LogP contribution < -0.4 is 0 Å². The topological polar surface area (TPSA) is 0 Å². The molecule has 1 unspecified atom stereocenters. The fourth-order valence-electron chi connectivity index (χ4n) is 0.0556. The summed E-state index contributed by atoms with van der Waals surface area (Å²) in [5.41, 5.74) is 0. The molecule has 0 N–H and O–H groups in total. The first kappa shape index (κ1) is 5.83. The highest BCUT2D eigenvalue weighted by Gasteiger charge is 1.80. The average molecular weight is 100 g/mol. The fourth-order valence-corrected chi connectivity index (χ4v) is 0.167. The smallest absolute Gasteiger partial charge is 0.00203 e. The number of thiocarbonyl (C=S) groups is 1. The van der Waals surface area contributed by atoms with Crippen LogP contribution in [0.25, 0.3) is 0 Å². The Hall–Kier alpha value is -0.170. The van der Waals surface area contributed by atoms with E-state index in [0.717, 1.165) is 0 Å². The van der Waals surface area contributed by atoms with Crippen LogP contribution in [0, 0.1) is 5.92 Å². The molecule has 0 rings (SSSR count). The van der Waals surface area contributed by atoms with Crippen molar-refractivity contribution in [3.63, 3.8) is 0 Å². The lowest BCUT2D eigenvalue weighted by molar-refractivity contribution is 1.05. The van der Waals surface area contributed by atoms with Crippen molar-refractivity contribution in [3.05, 3.63) is 12.7 Å². The maximum absolute atomic E-state index is 4.58. The third kappa shape index (κ3) is 2.09. The molecule has 0 aliphatic heterocycles. The molecular formula is C5H8S. The number of rotatable bonds is 2. The molecule has 0 aliphatic carbocycles. The molecule has 0 aromatic heterocycles. The summed E-state index contributed by atoms with van der Waals surface area (Å²) in [5.74, 6) is 0.389. The molecule has 0 saturated carbocycles. The van der Waals surface area contributed by atoms with Gasteiger partial charge in [0.25, 0.3) is 0 Å². The third-order valence-electron chi connectivity index (χ3n) is 0.586. The first-order valence-corrected chi connectivity index (χ1v) is 2.36. The lowest BCUT2D eigenvalue weighted by Crippen LogP contribution is -1.83. The molecule has 1 heteroatoms. The van der Waals surface area contributed by atoms with Gasteiger partial charge in [-0.3, -0.25) is 0 Å². The molecule has 6 heavy (non-hydrogen) atoms. The van der Waals surface area contributed by atoms with E-state index in [0.29, 0.717) is 5.92 Å². The Morgan fingerprint density at radius 2 is 2.33 bits per heavy atom. The summed E-state index contributed by atoms with van der Waals surface area (Å²) in [7, 11) is 0. The minimum atomic E-state index is 0.389. The molecule has 0 radical (unpaired) electrons. The largest absolute Gasteiger partial charge is 0.102 e. The lowest BCUT2D eigenvalue weighted by atomic mass is 10.2. The second kappa shape index (κ2) is 3.04. The summed E-state index contributed by atoms with van der Waals surface area (Å²) in [4.78, 5) is 0. The standard InChI is InChI=1S/C5H8S/c1-3-5(2)4-6/h3-5H,1H2,2H3. The first-order valence-electron chi connectivity index (χ1n) is 1.89. The predicted octanol–water partition coefficient (Wildman–Crippen LogP) is 1.81. The molecule has 0 aliphatic rings. The minimum absolute atomic E-state index is 0.389. The van der Waals surface area contributed by atoms with Gasteiger partial charge in [0.2, 0.25) is 0 Å². The molecule has 0 aromatic rings. The van der Waals surface area contributed by atoms with Gasteiger partial charge >= 0.3 is 0 Å². The van der Waals surface area contributed by atoms with Crippen LogP contribution in [0.4, 0.5) is 0 Å². The van der Waals surface area contributed by atoms with E-state index in [2.05, 4.69) is 18.8 Å². The van der Waals surface area contributed by atoms with Crippen LogP contribution in [0.2, 0.25) is 0 Å². The van der Waals surface area contributed by atoms with Gasteiger partial charge in [0.05, 0.1) is 0 Å². The molecule has 1 atom stereocenters. The van der Waals surface area contributed by atoms with E-state index in [1.807, 2.05) is 13.0 Å². The van der Waals surface area contributed by atoms with Gasteiger partial charge in [0.15, 0.2) is 0 Å². The van der Waals surface area contributed by atoms with Gasteiger partial charge in [-0.1, -0.05) is 25.2 Å². The zero-order valence-corrected chi connectivity index (χ0v) is 4.66. The van der Waals surface area contributed by atoms with Crippen LogP contribution in [-0.2, 0) is 0 Å². The Morgan fingerprint density at radius 1 is 1.83 bits per heavy atom. The Balaban J connectivity index is 3.21. The summed E-state index contributed by atoms with van der Waals surface area (Å²) >= 11 is 4.58. The van der Waals surface area contributed by atoms with E-state index in [4.69, 9.17) is 0 Å². The molecule has 0 spiro atoms. The van der Waals surface area contributed by atoms with Gasteiger partial charge in [-0.25, -0.2) is 0 Å². The minimum Gasteiger partial charge on any atom is -0.102 e. The monoisotopic (exact) mass is 100 g/mol. The zero-order chi connectivity index (χ0) is 4.99. The summed E-state index contributed by atoms with van der Waals surface area (Å²) in [6.07, 6.45) is 1.81. The van der Waals surface area contributed by atoms with E-state index >= 15 is 0 Å². The Bertz CT molecular complexity index is 49.0. The second-order valence-corrected chi connectivity index (χ2v) is 1.50.